The van der Waals surface area contributed by atoms with Crippen LogP contribution in [0.15, 0.2) is 332 Å². The average molecular weight is 1370 g/mol. The first-order valence-electron chi connectivity index (χ1n) is 35.3. The predicted molar refractivity (Wildman–Crippen MR) is 436 cm³/mol. The van der Waals surface area contributed by atoms with Gasteiger partial charge in [-0.25, -0.2) is 0 Å². The van der Waals surface area contributed by atoms with Crippen LogP contribution in [0.3, 0.4) is 0 Å². The number of nitrogens with zero attached hydrogens (tertiary/aromatic N) is 3. The van der Waals surface area contributed by atoms with E-state index >= 15 is 0 Å². The fraction of sp³-hybridized carbons (Fsp3) is 0.0421. The van der Waals surface area contributed by atoms with Gasteiger partial charge in [0.25, 0.3) is 0 Å². The molecule has 21 rings (SSSR count). The third-order valence-electron chi connectivity index (χ3n) is 21.5. The summed E-state index contributed by atoms with van der Waals surface area (Å²) in [4.78, 5) is 7.31. The topological polar surface area (TPSA) is 69.7 Å². The molecule has 0 atom stereocenters. The highest BCUT2D eigenvalue weighted by atomic mass is 32.2. The van der Waals surface area contributed by atoms with E-state index in [-0.39, 0.29) is 12.1 Å². The smallest absolute Gasteiger partial charge is 0.249 e. The maximum absolute atomic E-state index is 10.2. The van der Waals surface area contributed by atoms with Crippen molar-refractivity contribution in [3.63, 3.8) is 0 Å². The first-order valence-corrected chi connectivity index (χ1v) is 37.0. The van der Waals surface area contributed by atoms with Crippen molar-refractivity contribution >= 4 is 166 Å². The van der Waals surface area contributed by atoms with Crippen molar-refractivity contribution in [2.24, 2.45) is 0 Å². The van der Waals surface area contributed by atoms with E-state index in [0.717, 1.165) is 156 Å². The minimum atomic E-state index is -0.213. The molecular weight excluding hydrogens is 1310 g/mol. The van der Waals surface area contributed by atoms with Crippen molar-refractivity contribution in [3.05, 3.63) is 321 Å². The zero-order valence-corrected chi connectivity index (χ0v) is 58.5. The molecule has 9 heteroatoms. The van der Waals surface area contributed by atoms with Crippen LogP contribution in [-0.4, -0.2) is 6.71 Å². The summed E-state index contributed by atoms with van der Waals surface area (Å²) in [6, 6.07) is 115. The minimum absolute atomic E-state index is 0.0523. The second kappa shape index (κ2) is 23.2. The molecule has 15 aromatic carbocycles. The van der Waals surface area contributed by atoms with E-state index in [2.05, 4.69) is 316 Å². The molecule has 0 N–H and O–H groups in total. The lowest BCUT2D eigenvalue weighted by atomic mass is 9.34. The van der Waals surface area contributed by atoms with E-state index in [0.29, 0.717) is 5.56 Å². The van der Waals surface area contributed by atoms with Crippen molar-refractivity contribution in [2.75, 3.05) is 9.80 Å². The molecule has 0 spiro atoms. The van der Waals surface area contributed by atoms with Crippen molar-refractivity contribution in [2.45, 2.75) is 36.0 Å². The van der Waals surface area contributed by atoms with Crippen molar-refractivity contribution in [1.29, 1.82) is 5.26 Å². The first kappa shape index (κ1) is 60.2. The zero-order chi connectivity index (χ0) is 69.1. The molecule has 2 aliphatic rings. The van der Waals surface area contributed by atoms with E-state index in [9.17, 15) is 5.26 Å². The summed E-state index contributed by atoms with van der Waals surface area (Å²) in [6.07, 6.45) is 0. The van der Waals surface area contributed by atoms with Crippen LogP contribution < -0.4 is 26.2 Å². The quantitative estimate of drug-likeness (QED) is 0.133. The van der Waals surface area contributed by atoms with Crippen LogP contribution in [0.4, 0.5) is 34.1 Å². The van der Waals surface area contributed by atoms with Crippen LogP contribution in [0, 0.1) is 11.3 Å². The van der Waals surface area contributed by atoms with Gasteiger partial charge in [0.1, 0.15) is 33.5 Å². The van der Waals surface area contributed by atoms with Crippen LogP contribution >= 0.6 is 23.1 Å². The average Bonchev–Trinajstić information content (AvgIpc) is 0.951. The Morgan fingerprint density at radius 1 is 0.375 bits per heavy atom. The Bertz CT molecular complexity index is 6760. The number of nitriles is 1. The summed E-state index contributed by atoms with van der Waals surface area (Å²) in [7, 11) is 0. The summed E-state index contributed by atoms with van der Waals surface area (Å²) in [5.41, 5.74) is 27.8. The molecule has 0 unspecified atom stereocenters. The van der Waals surface area contributed by atoms with Gasteiger partial charge >= 0.3 is 0 Å². The molecular formula is C95H60BN3O3S2. The lowest BCUT2D eigenvalue weighted by molar-refractivity contribution is 0.590. The number of hydrogen-bond acceptors (Lipinski definition) is 8. The summed E-state index contributed by atoms with van der Waals surface area (Å²) >= 11 is 3.72. The molecule has 2 aliphatic heterocycles. The fourth-order valence-corrected chi connectivity index (χ4v) is 19.1. The molecule has 104 heavy (non-hydrogen) atoms. The van der Waals surface area contributed by atoms with Crippen molar-refractivity contribution in [1.82, 2.24) is 0 Å². The Labute approximate surface area is 608 Å². The largest absolute Gasteiger partial charge is 0.456 e. The molecule has 488 valence electrons. The van der Waals surface area contributed by atoms with E-state index in [1.807, 2.05) is 53.4 Å². The van der Waals surface area contributed by atoms with Gasteiger partial charge in [-0.15, -0.1) is 11.3 Å². The molecule has 6 nitrogen and oxygen atoms in total. The number of hydrogen-bond donors (Lipinski definition) is 0. The monoisotopic (exact) mass is 1370 g/mol. The number of thiophene rings is 1. The molecule has 0 amide bonds. The molecule has 0 saturated heterocycles. The maximum atomic E-state index is 10.2. The van der Waals surface area contributed by atoms with Crippen molar-refractivity contribution < 1.29 is 13.3 Å². The summed E-state index contributed by atoms with van der Waals surface area (Å²) in [5, 5.41) is 19.1. The second-order valence-electron chi connectivity index (χ2n) is 28.5. The number of rotatable bonds is 9. The van der Waals surface area contributed by atoms with E-state index in [4.69, 9.17) is 13.3 Å². The standard InChI is InChI=1S/C95H60BN3O3S2/c1-95(2,3)62-38-35-59(36-39-62)72-53-74-85(103-84-48-47-82-89(91(74)84)70-26-14-16-32-80(70)101-82)54-73(72)61-49-78-92-87(51-61)104-86-50-60(68-29-18-30-71-90-83(102-94(68)71)46-45-81-88(90)69-25-13-15-31-79(69)100-81)37-43-76(86)96(92)75-44-42-65(98(63-23-11-6-12-24-63)64-40-33-56(55-97)34-41-64)52-77(75)99(78)93-66(57-19-7-4-8-20-57)27-17-28-67(93)58-21-9-5-10-22-58/h4-54H,1-3H3. The van der Waals surface area contributed by atoms with Crippen molar-refractivity contribution in [3.8, 4) is 61.7 Å². The third kappa shape index (κ3) is 9.35. The van der Waals surface area contributed by atoms with Gasteiger partial charge in [-0.1, -0.05) is 232 Å². The van der Waals surface area contributed by atoms with E-state index < -0.39 is 0 Å². The second-order valence-corrected chi connectivity index (χ2v) is 30.6. The SMILES string of the molecule is CC(C)(C)c1ccc(-c2cc3c(cc2-c2cc4c5c(c2)N(c2c(-c6ccccc6)cccc2-c2ccccc2)c2cc(N(c6ccccc6)c6ccc(C#N)cc6)ccc2B5c2ccc(-c5cccc6c5oc5ccc7oc8ccccc8c7c56)cc2S4)sc2ccc4oc5ccccc5c4c23)cc1. The lowest BCUT2D eigenvalue weighted by Gasteiger charge is -2.42. The number of para-hydroxylation sites is 5. The number of anilines is 6. The van der Waals surface area contributed by atoms with Gasteiger partial charge in [-0.3, -0.25) is 0 Å². The molecule has 0 bridgehead atoms. The van der Waals surface area contributed by atoms with Crippen LogP contribution in [-0.2, 0) is 5.41 Å². The van der Waals surface area contributed by atoms with Gasteiger partial charge in [-0.2, -0.15) is 5.26 Å². The van der Waals surface area contributed by atoms with Gasteiger partial charge in [0, 0.05) is 107 Å². The lowest BCUT2D eigenvalue weighted by Crippen LogP contribution is -2.59. The number of furan rings is 3. The highest BCUT2D eigenvalue weighted by Gasteiger charge is 2.43. The molecule has 0 radical (unpaired) electrons. The summed E-state index contributed by atoms with van der Waals surface area (Å²) in [5.74, 6) is 0. The number of benzene rings is 15. The maximum Gasteiger partial charge on any atom is 0.249 e. The minimum Gasteiger partial charge on any atom is -0.456 e. The van der Waals surface area contributed by atoms with Gasteiger partial charge < -0.3 is 23.1 Å². The van der Waals surface area contributed by atoms with Crippen LogP contribution in [0.1, 0.15) is 31.9 Å². The van der Waals surface area contributed by atoms with Crippen LogP contribution in [0.2, 0.25) is 0 Å². The zero-order valence-electron chi connectivity index (χ0n) is 56.9. The third-order valence-corrected chi connectivity index (χ3v) is 23.8. The van der Waals surface area contributed by atoms with Gasteiger partial charge in [-0.05, 0) is 176 Å². The molecule has 0 fully saturated rings. The Morgan fingerprint density at radius 2 is 0.923 bits per heavy atom. The Kier molecular flexibility index (Phi) is 13.5. The first-order chi connectivity index (χ1) is 51.1. The Balaban J connectivity index is 0.864. The summed E-state index contributed by atoms with van der Waals surface area (Å²) in [6.45, 7) is 6.66. The van der Waals surface area contributed by atoms with Gasteiger partial charge in [0.15, 0.2) is 0 Å². The predicted octanol–water partition coefficient (Wildman–Crippen LogP) is 25.5. The van der Waals surface area contributed by atoms with Crippen LogP contribution in [0.25, 0.3) is 142 Å². The Hall–Kier alpha value is -12.6. The highest BCUT2D eigenvalue weighted by Crippen LogP contribution is 2.54. The highest BCUT2D eigenvalue weighted by molar-refractivity contribution is 8.00. The number of fused-ring (bicyclic) bond motifs is 18. The van der Waals surface area contributed by atoms with E-state index in [1.54, 1.807) is 0 Å². The van der Waals surface area contributed by atoms with Gasteiger partial charge in [0.05, 0.1) is 17.3 Å². The molecule has 4 aromatic heterocycles. The summed E-state index contributed by atoms with van der Waals surface area (Å²) < 4.78 is 22.6. The fourth-order valence-electron chi connectivity index (χ4n) is 16.7. The van der Waals surface area contributed by atoms with E-state index in [1.165, 1.54) is 51.9 Å². The molecule has 19 aromatic rings. The Morgan fingerprint density at radius 3 is 1.62 bits per heavy atom. The molecule has 6 heterocycles. The molecule has 0 aliphatic carbocycles. The van der Waals surface area contributed by atoms with Gasteiger partial charge in [0.2, 0.25) is 6.71 Å². The van der Waals surface area contributed by atoms with Crippen LogP contribution in [0.5, 0.6) is 0 Å². The normalized spacial score (nSPS) is 12.7. The molecule has 0 saturated carbocycles.